The van der Waals surface area contributed by atoms with Gasteiger partial charge in [0, 0.05) is 17.7 Å². The van der Waals surface area contributed by atoms with E-state index in [1.807, 2.05) is 25.1 Å². The van der Waals surface area contributed by atoms with Crippen LogP contribution < -0.4 is 14.8 Å². The third kappa shape index (κ3) is 3.36. The first-order valence-corrected chi connectivity index (χ1v) is 8.22. The van der Waals surface area contributed by atoms with Crippen LogP contribution in [-0.2, 0) is 4.79 Å². The normalized spacial score (nSPS) is 25.0. The standard InChI is InChI=1S/C19H25NO3/c1-12(2)14-7-8-19(3,4)10-15(14)18(21)20-13-5-6-16-17(9-13)23-11-22-16/h5-6,9,14-15H,1,7-8,10-11H2,2-4H3,(H,20,21)/t14-,15?/m1/s1. The molecule has 1 heterocycles. The zero-order chi connectivity index (χ0) is 16.6. The fourth-order valence-corrected chi connectivity index (χ4v) is 3.66. The molecule has 3 rings (SSSR count). The molecule has 2 aliphatic rings. The molecule has 1 N–H and O–H groups in total. The van der Waals surface area contributed by atoms with Gasteiger partial charge in [-0.2, -0.15) is 0 Å². The average Bonchev–Trinajstić information content (AvgIpc) is 2.93. The third-order valence-electron chi connectivity index (χ3n) is 5.00. The molecule has 1 aliphatic carbocycles. The Hall–Kier alpha value is -1.97. The van der Waals surface area contributed by atoms with Gasteiger partial charge in [0.2, 0.25) is 12.7 Å². The molecule has 1 fully saturated rings. The van der Waals surface area contributed by atoms with Crippen molar-refractivity contribution in [3.8, 4) is 11.5 Å². The number of fused-ring (bicyclic) bond motifs is 1. The fourth-order valence-electron chi connectivity index (χ4n) is 3.66. The molecule has 0 spiro atoms. The summed E-state index contributed by atoms with van der Waals surface area (Å²) in [5.41, 5.74) is 2.05. The molecule has 1 aromatic rings. The average molecular weight is 315 g/mol. The number of allylic oxidation sites excluding steroid dienone is 1. The zero-order valence-corrected chi connectivity index (χ0v) is 14.1. The summed E-state index contributed by atoms with van der Waals surface area (Å²) in [4.78, 5) is 12.8. The van der Waals surface area contributed by atoms with Gasteiger partial charge in [0.25, 0.3) is 0 Å². The predicted octanol–water partition coefficient (Wildman–Crippen LogP) is 4.37. The van der Waals surface area contributed by atoms with Crippen molar-refractivity contribution in [2.75, 3.05) is 12.1 Å². The van der Waals surface area contributed by atoms with Crippen molar-refractivity contribution >= 4 is 11.6 Å². The molecule has 0 saturated heterocycles. The van der Waals surface area contributed by atoms with E-state index in [1.165, 1.54) is 0 Å². The van der Waals surface area contributed by atoms with Crippen LogP contribution in [0.2, 0.25) is 0 Å². The Morgan fingerprint density at radius 2 is 2.00 bits per heavy atom. The monoisotopic (exact) mass is 315 g/mol. The lowest BCUT2D eigenvalue weighted by atomic mass is 9.65. The lowest BCUT2D eigenvalue weighted by molar-refractivity contribution is -0.123. The molecule has 124 valence electrons. The zero-order valence-electron chi connectivity index (χ0n) is 14.1. The lowest BCUT2D eigenvalue weighted by Gasteiger charge is -2.40. The van der Waals surface area contributed by atoms with Crippen molar-refractivity contribution in [3.05, 3.63) is 30.4 Å². The van der Waals surface area contributed by atoms with Gasteiger partial charge in [0.15, 0.2) is 11.5 Å². The van der Waals surface area contributed by atoms with E-state index in [2.05, 4.69) is 25.7 Å². The van der Waals surface area contributed by atoms with Gasteiger partial charge in [-0.05, 0) is 49.7 Å². The maximum Gasteiger partial charge on any atom is 0.231 e. The highest BCUT2D eigenvalue weighted by atomic mass is 16.7. The number of rotatable bonds is 3. The first kappa shape index (κ1) is 15.9. The molecule has 0 radical (unpaired) electrons. The molecule has 2 atom stereocenters. The number of hydrogen-bond donors (Lipinski definition) is 1. The van der Waals surface area contributed by atoms with Crippen molar-refractivity contribution < 1.29 is 14.3 Å². The van der Waals surface area contributed by atoms with Crippen LogP contribution in [0.1, 0.15) is 40.0 Å². The Morgan fingerprint density at radius 1 is 1.26 bits per heavy atom. The number of hydrogen-bond acceptors (Lipinski definition) is 3. The van der Waals surface area contributed by atoms with Crippen LogP contribution in [0.4, 0.5) is 5.69 Å². The van der Waals surface area contributed by atoms with Crippen LogP contribution in [0.3, 0.4) is 0 Å². The Morgan fingerprint density at radius 3 is 2.74 bits per heavy atom. The number of benzene rings is 1. The Balaban J connectivity index is 1.76. The molecule has 0 bridgehead atoms. The Kier molecular flexibility index (Phi) is 4.09. The van der Waals surface area contributed by atoms with Crippen LogP contribution >= 0.6 is 0 Å². The van der Waals surface area contributed by atoms with Crippen LogP contribution in [0.5, 0.6) is 11.5 Å². The number of nitrogens with one attached hydrogen (secondary N) is 1. The van der Waals surface area contributed by atoms with E-state index < -0.39 is 0 Å². The summed E-state index contributed by atoms with van der Waals surface area (Å²) >= 11 is 0. The summed E-state index contributed by atoms with van der Waals surface area (Å²) in [6.07, 6.45) is 3.06. The van der Waals surface area contributed by atoms with Gasteiger partial charge in [-0.3, -0.25) is 4.79 Å². The highest BCUT2D eigenvalue weighted by Crippen LogP contribution is 2.44. The third-order valence-corrected chi connectivity index (χ3v) is 5.00. The molecule has 1 aromatic carbocycles. The second kappa shape index (κ2) is 5.91. The summed E-state index contributed by atoms with van der Waals surface area (Å²) in [6, 6.07) is 5.51. The van der Waals surface area contributed by atoms with Crippen molar-refractivity contribution in [2.45, 2.75) is 40.0 Å². The van der Waals surface area contributed by atoms with E-state index >= 15 is 0 Å². The molecule has 23 heavy (non-hydrogen) atoms. The molecule has 1 saturated carbocycles. The van der Waals surface area contributed by atoms with Crippen molar-refractivity contribution in [1.82, 2.24) is 0 Å². The van der Waals surface area contributed by atoms with Gasteiger partial charge in [0.05, 0.1) is 0 Å². The van der Waals surface area contributed by atoms with E-state index in [1.54, 1.807) is 0 Å². The minimum atomic E-state index is -0.0262. The maximum absolute atomic E-state index is 12.8. The van der Waals surface area contributed by atoms with Crippen molar-refractivity contribution in [2.24, 2.45) is 17.3 Å². The summed E-state index contributed by atoms with van der Waals surface area (Å²) in [5.74, 6) is 1.72. The summed E-state index contributed by atoms with van der Waals surface area (Å²) in [6.45, 7) is 10.8. The number of carbonyl (C=O) groups is 1. The quantitative estimate of drug-likeness (QED) is 0.842. The van der Waals surface area contributed by atoms with Crippen molar-refractivity contribution in [3.63, 3.8) is 0 Å². The molecule has 1 amide bonds. The smallest absolute Gasteiger partial charge is 0.231 e. The van der Waals surface area contributed by atoms with Gasteiger partial charge >= 0.3 is 0 Å². The van der Waals surface area contributed by atoms with Crippen LogP contribution in [0.25, 0.3) is 0 Å². The van der Waals surface area contributed by atoms with Gasteiger partial charge in [-0.25, -0.2) is 0 Å². The topological polar surface area (TPSA) is 47.6 Å². The lowest BCUT2D eigenvalue weighted by Crippen LogP contribution is -2.38. The number of ether oxygens (including phenoxy) is 2. The number of carbonyl (C=O) groups excluding carboxylic acids is 1. The highest BCUT2D eigenvalue weighted by Gasteiger charge is 2.39. The van der Waals surface area contributed by atoms with Gasteiger partial charge < -0.3 is 14.8 Å². The largest absolute Gasteiger partial charge is 0.454 e. The maximum atomic E-state index is 12.8. The first-order valence-electron chi connectivity index (χ1n) is 8.22. The van der Waals surface area contributed by atoms with E-state index in [0.29, 0.717) is 5.75 Å². The molecule has 4 heteroatoms. The first-order chi connectivity index (χ1) is 10.9. The SMILES string of the molecule is C=C(C)[C@H]1CCC(C)(C)CC1C(=O)Nc1ccc2c(c1)OCO2. The predicted molar refractivity (Wildman–Crippen MR) is 90.6 cm³/mol. The Bertz CT molecular complexity index is 636. The minimum absolute atomic E-state index is 0.0262. The van der Waals surface area contributed by atoms with Gasteiger partial charge in [-0.1, -0.05) is 26.0 Å². The van der Waals surface area contributed by atoms with Crippen LogP contribution in [0.15, 0.2) is 30.4 Å². The highest BCUT2D eigenvalue weighted by molar-refractivity contribution is 5.93. The second-order valence-electron chi connectivity index (χ2n) is 7.52. The fraction of sp³-hybridized carbons (Fsp3) is 0.526. The molecule has 1 unspecified atom stereocenters. The second-order valence-corrected chi connectivity index (χ2v) is 7.52. The number of anilines is 1. The molecular formula is C19H25NO3. The minimum Gasteiger partial charge on any atom is -0.454 e. The van der Waals surface area contributed by atoms with E-state index in [4.69, 9.17) is 9.47 Å². The van der Waals surface area contributed by atoms with Crippen LogP contribution in [0, 0.1) is 17.3 Å². The molecule has 1 aliphatic heterocycles. The summed E-state index contributed by atoms with van der Waals surface area (Å²) in [5, 5.41) is 3.05. The van der Waals surface area contributed by atoms with Gasteiger partial charge in [-0.15, -0.1) is 0 Å². The van der Waals surface area contributed by atoms with E-state index in [9.17, 15) is 4.79 Å². The molecular weight excluding hydrogens is 290 g/mol. The summed E-state index contributed by atoms with van der Waals surface area (Å²) < 4.78 is 10.7. The van der Waals surface area contributed by atoms with E-state index in [0.717, 1.165) is 36.3 Å². The number of amides is 1. The van der Waals surface area contributed by atoms with E-state index in [-0.39, 0.29) is 30.0 Å². The molecule has 4 nitrogen and oxygen atoms in total. The van der Waals surface area contributed by atoms with Crippen LogP contribution in [-0.4, -0.2) is 12.7 Å². The van der Waals surface area contributed by atoms with Gasteiger partial charge in [0.1, 0.15) is 0 Å². The Labute approximate surface area is 137 Å². The summed E-state index contributed by atoms with van der Waals surface area (Å²) in [7, 11) is 0. The van der Waals surface area contributed by atoms with Crippen molar-refractivity contribution in [1.29, 1.82) is 0 Å². The molecule has 0 aromatic heterocycles.